The van der Waals surface area contributed by atoms with Crippen LogP contribution in [0.15, 0.2) is 0 Å². The third kappa shape index (κ3) is 3.94. The van der Waals surface area contributed by atoms with Crippen LogP contribution in [0.1, 0.15) is 6.92 Å². The van der Waals surface area contributed by atoms with Crippen molar-refractivity contribution < 1.29 is 23.9 Å². The Morgan fingerprint density at radius 3 is 2.47 bits per heavy atom. The van der Waals surface area contributed by atoms with Crippen molar-refractivity contribution in [2.75, 3.05) is 33.8 Å². The molecule has 1 N–H and O–H groups in total. The van der Waals surface area contributed by atoms with Crippen LogP contribution < -0.4 is 5.32 Å². The van der Waals surface area contributed by atoms with Crippen LogP contribution >= 0.6 is 0 Å². The molecule has 0 bridgehead atoms. The number of esters is 1. The van der Waals surface area contributed by atoms with Crippen molar-refractivity contribution in [2.24, 2.45) is 0 Å². The Hall–Kier alpha value is -2.12. The smallest absolute Gasteiger partial charge is 0.330 e. The summed E-state index contributed by atoms with van der Waals surface area (Å²) in [6, 6.07) is -0.970. The van der Waals surface area contributed by atoms with Gasteiger partial charge < -0.3 is 19.9 Å². The highest BCUT2D eigenvalue weighted by molar-refractivity contribution is 5.93. The standard InChI is InChI=1S/C11H17N3O5/c1-7(15)12-8(11(18)19-3)4-14-6-9(16)13(2)5-10(14)17/h8H,4-6H2,1-3H3,(H,12,15). The lowest BCUT2D eigenvalue weighted by Gasteiger charge is -2.33. The van der Waals surface area contributed by atoms with Crippen molar-refractivity contribution >= 4 is 23.7 Å². The van der Waals surface area contributed by atoms with Crippen molar-refractivity contribution in [1.29, 1.82) is 0 Å². The fourth-order valence-corrected chi connectivity index (χ4v) is 1.72. The Morgan fingerprint density at radius 1 is 1.32 bits per heavy atom. The molecular weight excluding hydrogens is 254 g/mol. The summed E-state index contributed by atoms with van der Waals surface area (Å²) in [5.41, 5.74) is 0. The number of carbonyl (C=O) groups is 4. The van der Waals surface area contributed by atoms with E-state index in [2.05, 4.69) is 10.1 Å². The topological polar surface area (TPSA) is 96.0 Å². The molecule has 19 heavy (non-hydrogen) atoms. The predicted octanol–water partition coefficient (Wildman–Crippen LogP) is -2.04. The number of hydrogen-bond donors (Lipinski definition) is 1. The van der Waals surface area contributed by atoms with Gasteiger partial charge in [0.2, 0.25) is 17.7 Å². The number of piperazine rings is 1. The zero-order valence-corrected chi connectivity index (χ0v) is 11.1. The molecule has 1 fully saturated rings. The molecule has 8 nitrogen and oxygen atoms in total. The van der Waals surface area contributed by atoms with E-state index < -0.39 is 17.9 Å². The molecule has 0 spiro atoms. The van der Waals surface area contributed by atoms with Crippen molar-refractivity contribution in [3.05, 3.63) is 0 Å². The number of amides is 3. The maximum atomic E-state index is 11.7. The van der Waals surface area contributed by atoms with Crippen LogP contribution in [0.2, 0.25) is 0 Å². The van der Waals surface area contributed by atoms with E-state index in [-0.39, 0.29) is 31.4 Å². The summed E-state index contributed by atoms with van der Waals surface area (Å²) in [7, 11) is 2.72. The van der Waals surface area contributed by atoms with E-state index in [1.54, 1.807) is 0 Å². The number of methoxy groups -OCH3 is 1. The maximum absolute atomic E-state index is 11.7. The normalized spacial score (nSPS) is 17.2. The minimum Gasteiger partial charge on any atom is -0.467 e. The molecule has 0 aromatic rings. The Bertz CT molecular complexity index is 409. The van der Waals surface area contributed by atoms with E-state index in [9.17, 15) is 19.2 Å². The van der Waals surface area contributed by atoms with Crippen LogP contribution in [0, 0.1) is 0 Å². The molecule has 1 aliphatic heterocycles. The largest absolute Gasteiger partial charge is 0.467 e. The lowest BCUT2D eigenvalue weighted by molar-refractivity contribution is -0.152. The first-order valence-electron chi connectivity index (χ1n) is 5.71. The third-order valence-electron chi connectivity index (χ3n) is 2.74. The molecule has 1 atom stereocenters. The maximum Gasteiger partial charge on any atom is 0.330 e. The SMILES string of the molecule is COC(=O)C(CN1CC(=O)N(C)CC1=O)NC(C)=O. The number of nitrogens with zero attached hydrogens (tertiary/aromatic N) is 2. The number of likely N-dealkylation sites (N-methyl/N-ethyl adjacent to an activating group) is 1. The molecule has 1 saturated heterocycles. The van der Waals surface area contributed by atoms with Gasteiger partial charge in [0.25, 0.3) is 0 Å². The molecule has 1 heterocycles. The highest BCUT2D eigenvalue weighted by Crippen LogP contribution is 2.04. The average molecular weight is 271 g/mol. The van der Waals surface area contributed by atoms with Crippen molar-refractivity contribution in [3.63, 3.8) is 0 Å². The van der Waals surface area contributed by atoms with Gasteiger partial charge in [0.05, 0.1) is 26.7 Å². The lowest BCUT2D eigenvalue weighted by Crippen LogP contribution is -2.57. The van der Waals surface area contributed by atoms with Crippen molar-refractivity contribution in [3.8, 4) is 0 Å². The summed E-state index contributed by atoms with van der Waals surface area (Å²) in [5.74, 6) is -1.56. The summed E-state index contributed by atoms with van der Waals surface area (Å²) in [6.45, 7) is 1.03. The fourth-order valence-electron chi connectivity index (χ4n) is 1.72. The molecule has 3 amide bonds. The van der Waals surface area contributed by atoms with E-state index in [0.717, 1.165) is 0 Å². The minimum absolute atomic E-state index is 0.0349. The lowest BCUT2D eigenvalue weighted by atomic mass is 10.2. The quantitative estimate of drug-likeness (QED) is 0.595. The molecule has 1 unspecified atom stereocenters. The van der Waals surface area contributed by atoms with Crippen LogP contribution in [-0.2, 0) is 23.9 Å². The van der Waals surface area contributed by atoms with Crippen LogP contribution in [0.5, 0.6) is 0 Å². The fraction of sp³-hybridized carbons (Fsp3) is 0.636. The summed E-state index contributed by atoms with van der Waals surface area (Å²) in [4.78, 5) is 48.3. The molecule has 0 aromatic carbocycles. The van der Waals surface area contributed by atoms with Gasteiger partial charge in [0.1, 0.15) is 6.04 Å². The second-order valence-corrected chi connectivity index (χ2v) is 4.30. The monoisotopic (exact) mass is 271 g/mol. The van der Waals surface area contributed by atoms with Gasteiger partial charge in [-0.1, -0.05) is 0 Å². The zero-order valence-electron chi connectivity index (χ0n) is 11.1. The molecule has 0 aromatic heterocycles. The van der Waals surface area contributed by atoms with Crippen LogP contribution in [0.3, 0.4) is 0 Å². The van der Waals surface area contributed by atoms with E-state index in [0.29, 0.717) is 0 Å². The van der Waals surface area contributed by atoms with Gasteiger partial charge in [-0.15, -0.1) is 0 Å². The van der Waals surface area contributed by atoms with Crippen LogP contribution in [0.25, 0.3) is 0 Å². The Kier molecular flexibility index (Phi) is 4.85. The van der Waals surface area contributed by atoms with Gasteiger partial charge in [-0.05, 0) is 0 Å². The Labute approximate surface area is 110 Å². The molecule has 1 aliphatic rings. The van der Waals surface area contributed by atoms with Gasteiger partial charge >= 0.3 is 5.97 Å². The summed E-state index contributed by atoms with van der Waals surface area (Å²) >= 11 is 0. The van der Waals surface area contributed by atoms with Crippen molar-refractivity contribution in [1.82, 2.24) is 15.1 Å². The second-order valence-electron chi connectivity index (χ2n) is 4.30. The summed E-state index contributed by atoms with van der Waals surface area (Å²) in [6.07, 6.45) is 0. The minimum atomic E-state index is -0.970. The van der Waals surface area contributed by atoms with E-state index >= 15 is 0 Å². The molecule has 0 aliphatic carbocycles. The second kappa shape index (κ2) is 6.17. The van der Waals surface area contributed by atoms with Crippen molar-refractivity contribution in [2.45, 2.75) is 13.0 Å². The highest BCUT2D eigenvalue weighted by Gasteiger charge is 2.32. The number of rotatable bonds is 4. The highest BCUT2D eigenvalue weighted by atomic mass is 16.5. The first kappa shape index (κ1) is 14.9. The summed E-state index contributed by atoms with van der Waals surface area (Å²) in [5, 5.41) is 2.39. The van der Waals surface area contributed by atoms with Gasteiger partial charge in [-0.3, -0.25) is 14.4 Å². The number of carbonyl (C=O) groups excluding carboxylic acids is 4. The van der Waals surface area contributed by atoms with E-state index in [1.165, 1.54) is 30.9 Å². The molecule has 106 valence electrons. The molecule has 1 rings (SSSR count). The zero-order chi connectivity index (χ0) is 14.6. The number of ether oxygens (including phenoxy) is 1. The number of nitrogens with one attached hydrogen (secondary N) is 1. The van der Waals surface area contributed by atoms with Gasteiger partial charge in [-0.2, -0.15) is 0 Å². The summed E-state index contributed by atoms with van der Waals surface area (Å²) < 4.78 is 4.55. The van der Waals surface area contributed by atoms with E-state index in [4.69, 9.17) is 0 Å². The molecule has 0 saturated carbocycles. The van der Waals surface area contributed by atoms with Crippen LogP contribution in [-0.4, -0.2) is 73.3 Å². The van der Waals surface area contributed by atoms with Gasteiger partial charge in [-0.25, -0.2) is 4.79 Å². The van der Waals surface area contributed by atoms with Gasteiger partial charge in [0, 0.05) is 14.0 Å². The third-order valence-corrected chi connectivity index (χ3v) is 2.74. The molecule has 8 heteroatoms. The Balaban J connectivity index is 2.72. The Morgan fingerprint density at radius 2 is 1.95 bits per heavy atom. The van der Waals surface area contributed by atoms with E-state index in [1.807, 2.05) is 0 Å². The average Bonchev–Trinajstić information content (AvgIpc) is 2.33. The first-order valence-corrected chi connectivity index (χ1v) is 5.71. The molecule has 0 radical (unpaired) electrons. The first-order chi connectivity index (χ1) is 8.85. The number of hydrogen-bond acceptors (Lipinski definition) is 5. The van der Waals surface area contributed by atoms with Crippen LogP contribution in [0.4, 0.5) is 0 Å². The predicted molar refractivity (Wildman–Crippen MR) is 63.8 cm³/mol. The van der Waals surface area contributed by atoms with Gasteiger partial charge in [0.15, 0.2) is 0 Å². The molecular formula is C11H17N3O5.